The summed E-state index contributed by atoms with van der Waals surface area (Å²) < 4.78 is 5.18. The lowest BCUT2D eigenvalue weighted by Crippen LogP contribution is -2.25. The van der Waals surface area contributed by atoms with E-state index in [9.17, 15) is 4.79 Å². The highest BCUT2D eigenvalue weighted by Crippen LogP contribution is 2.17. The Kier molecular flexibility index (Phi) is 7.03. The van der Waals surface area contributed by atoms with Crippen molar-refractivity contribution in [3.63, 3.8) is 0 Å². The van der Waals surface area contributed by atoms with Gasteiger partial charge in [-0.3, -0.25) is 4.79 Å². The molecule has 4 nitrogen and oxygen atoms in total. The number of esters is 1. The standard InChI is InChI=1S/C11H22O4S/c1-8(16-7-9(13)6-12)5-10(14)15-11(2,3)4/h8-9,12-13H,5-7H2,1-4H3. The van der Waals surface area contributed by atoms with Crippen molar-refractivity contribution >= 4 is 17.7 Å². The molecule has 0 saturated heterocycles. The maximum atomic E-state index is 11.4. The minimum Gasteiger partial charge on any atom is -0.460 e. The molecule has 2 N–H and O–H groups in total. The van der Waals surface area contributed by atoms with Crippen molar-refractivity contribution in [2.45, 2.75) is 51.1 Å². The molecule has 96 valence electrons. The van der Waals surface area contributed by atoms with Gasteiger partial charge in [0.1, 0.15) is 5.60 Å². The smallest absolute Gasteiger partial charge is 0.307 e. The van der Waals surface area contributed by atoms with Crippen LogP contribution >= 0.6 is 11.8 Å². The number of hydrogen-bond acceptors (Lipinski definition) is 5. The van der Waals surface area contributed by atoms with E-state index in [-0.39, 0.29) is 17.8 Å². The number of carbonyl (C=O) groups excluding carboxylic acids is 1. The van der Waals surface area contributed by atoms with Crippen LogP contribution in [-0.2, 0) is 9.53 Å². The summed E-state index contributed by atoms with van der Waals surface area (Å²) >= 11 is 1.45. The molecule has 0 saturated carbocycles. The van der Waals surface area contributed by atoms with Crippen molar-refractivity contribution in [2.75, 3.05) is 12.4 Å². The van der Waals surface area contributed by atoms with Crippen molar-refractivity contribution in [3.8, 4) is 0 Å². The van der Waals surface area contributed by atoms with Gasteiger partial charge in [0.15, 0.2) is 0 Å². The van der Waals surface area contributed by atoms with E-state index in [2.05, 4.69) is 0 Å². The minimum absolute atomic E-state index is 0.0797. The molecule has 0 heterocycles. The molecule has 0 spiro atoms. The highest BCUT2D eigenvalue weighted by molar-refractivity contribution is 7.99. The molecule has 0 bridgehead atoms. The first-order valence-electron chi connectivity index (χ1n) is 5.37. The summed E-state index contributed by atoms with van der Waals surface area (Å²) in [6, 6.07) is 0. The first-order chi connectivity index (χ1) is 7.24. The fourth-order valence-corrected chi connectivity index (χ4v) is 1.91. The second-order valence-electron chi connectivity index (χ2n) is 4.77. The summed E-state index contributed by atoms with van der Waals surface area (Å²) in [5.41, 5.74) is -0.452. The van der Waals surface area contributed by atoms with Gasteiger partial charge in [-0.1, -0.05) is 6.92 Å². The Labute approximate surface area is 101 Å². The summed E-state index contributed by atoms with van der Waals surface area (Å²) in [5.74, 6) is 0.200. The van der Waals surface area contributed by atoms with Crippen LogP contribution in [0, 0.1) is 0 Å². The van der Waals surface area contributed by atoms with E-state index in [1.54, 1.807) is 0 Å². The van der Waals surface area contributed by atoms with Gasteiger partial charge in [-0.05, 0) is 20.8 Å². The van der Waals surface area contributed by atoms with Gasteiger partial charge < -0.3 is 14.9 Å². The Balaban J connectivity index is 3.79. The number of ether oxygens (including phenoxy) is 1. The third-order valence-electron chi connectivity index (χ3n) is 1.66. The highest BCUT2D eigenvalue weighted by atomic mass is 32.2. The average Bonchev–Trinajstić information content (AvgIpc) is 2.10. The number of aliphatic hydroxyl groups is 2. The molecule has 0 radical (unpaired) electrons. The third-order valence-corrected chi connectivity index (χ3v) is 2.97. The van der Waals surface area contributed by atoms with Crippen LogP contribution in [0.1, 0.15) is 34.1 Å². The van der Waals surface area contributed by atoms with E-state index in [0.29, 0.717) is 12.2 Å². The molecule has 2 unspecified atom stereocenters. The molecule has 2 atom stereocenters. The van der Waals surface area contributed by atoms with Crippen molar-refractivity contribution in [3.05, 3.63) is 0 Å². The first-order valence-corrected chi connectivity index (χ1v) is 6.42. The normalized spacial score (nSPS) is 15.6. The number of hydrogen-bond donors (Lipinski definition) is 2. The topological polar surface area (TPSA) is 66.8 Å². The summed E-state index contributed by atoms with van der Waals surface area (Å²) in [6.45, 7) is 7.15. The van der Waals surface area contributed by atoms with E-state index >= 15 is 0 Å². The first kappa shape index (κ1) is 15.7. The average molecular weight is 250 g/mol. The van der Waals surface area contributed by atoms with E-state index in [0.717, 1.165) is 0 Å². The summed E-state index contributed by atoms with van der Waals surface area (Å²) in [5, 5.41) is 17.8. The van der Waals surface area contributed by atoms with Crippen LogP contribution in [0.15, 0.2) is 0 Å². The Morgan fingerprint density at radius 1 is 1.44 bits per heavy atom. The second-order valence-corrected chi connectivity index (χ2v) is 6.24. The van der Waals surface area contributed by atoms with Crippen LogP contribution in [0.2, 0.25) is 0 Å². The Morgan fingerprint density at radius 3 is 2.44 bits per heavy atom. The summed E-state index contributed by atoms with van der Waals surface area (Å²) in [6.07, 6.45) is -0.397. The third kappa shape index (κ3) is 9.00. The molecule has 0 aromatic heterocycles. The Hall–Kier alpha value is -0.260. The molecule has 0 aromatic carbocycles. The molecule has 0 aliphatic carbocycles. The van der Waals surface area contributed by atoms with E-state index in [1.807, 2.05) is 27.7 Å². The number of thioether (sulfide) groups is 1. The maximum Gasteiger partial charge on any atom is 0.307 e. The van der Waals surface area contributed by atoms with Crippen LogP contribution in [0.3, 0.4) is 0 Å². The van der Waals surface area contributed by atoms with Crippen molar-refractivity contribution in [1.29, 1.82) is 0 Å². The number of aliphatic hydroxyl groups excluding tert-OH is 2. The van der Waals surface area contributed by atoms with Gasteiger partial charge in [-0.2, -0.15) is 11.8 Å². The predicted molar refractivity (Wildman–Crippen MR) is 65.5 cm³/mol. The maximum absolute atomic E-state index is 11.4. The highest BCUT2D eigenvalue weighted by Gasteiger charge is 2.19. The van der Waals surface area contributed by atoms with Crippen molar-refractivity contribution in [1.82, 2.24) is 0 Å². The number of carbonyl (C=O) groups is 1. The molecule has 0 aliphatic heterocycles. The minimum atomic E-state index is -0.717. The van der Waals surface area contributed by atoms with Crippen molar-refractivity contribution < 1.29 is 19.7 Å². The van der Waals surface area contributed by atoms with Gasteiger partial charge in [0.05, 0.1) is 19.1 Å². The largest absolute Gasteiger partial charge is 0.460 e. The SMILES string of the molecule is CC(CC(=O)OC(C)(C)C)SCC(O)CO. The molecule has 0 rings (SSSR count). The zero-order valence-corrected chi connectivity index (χ0v) is 11.2. The zero-order chi connectivity index (χ0) is 12.8. The van der Waals surface area contributed by atoms with Crippen LogP contribution < -0.4 is 0 Å². The second kappa shape index (κ2) is 7.14. The summed E-state index contributed by atoms with van der Waals surface area (Å²) in [7, 11) is 0. The molecule has 0 aromatic rings. The zero-order valence-electron chi connectivity index (χ0n) is 10.4. The quantitative estimate of drug-likeness (QED) is 0.693. The molecule has 0 amide bonds. The molecule has 5 heteroatoms. The van der Waals surface area contributed by atoms with Crippen LogP contribution in [0.4, 0.5) is 0 Å². The lowest BCUT2D eigenvalue weighted by atomic mass is 10.2. The summed E-state index contributed by atoms with van der Waals surface area (Å²) in [4.78, 5) is 11.4. The van der Waals surface area contributed by atoms with Gasteiger partial charge in [0.25, 0.3) is 0 Å². The molecule has 0 fully saturated rings. The molecule has 0 aliphatic rings. The Bertz CT molecular complexity index is 213. The van der Waals surface area contributed by atoms with Crippen LogP contribution in [0.25, 0.3) is 0 Å². The predicted octanol–water partition coefficient (Wildman–Crippen LogP) is 1.19. The molecular weight excluding hydrogens is 228 g/mol. The molecular formula is C11H22O4S. The van der Waals surface area contributed by atoms with Gasteiger partial charge in [0.2, 0.25) is 0 Å². The molecule has 16 heavy (non-hydrogen) atoms. The lowest BCUT2D eigenvalue weighted by molar-refractivity contribution is -0.154. The number of rotatable bonds is 6. The van der Waals surface area contributed by atoms with E-state index in [4.69, 9.17) is 14.9 Å². The van der Waals surface area contributed by atoms with Crippen LogP contribution in [0.5, 0.6) is 0 Å². The van der Waals surface area contributed by atoms with Gasteiger partial charge >= 0.3 is 5.97 Å². The van der Waals surface area contributed by atoms with E-state index in [1.165, 1.54) is 11.8 Å². The lowest BCUT2D eigenvalue weighted by Gasteiger charge is -2.21. The Morgan fingerprint density at radius 2 is 2.00 bits per heavy atom. The van der Waals surface area contributed by atoms with E-state index < -0.39 is 11.7 Å². The fourth-order valence-electron chi connectivity index (χ4n) is 1.00. The fraction of sp³-hybridized carbons (Fsp3) is 0.909. The monoisotopic (exact) mass is 250 g/mol. The van der Waals surface area contributed by atoms with Crippen molar-refractivity contribution in [2.24, 2.45) is 0 Å². The van der Waals surface area contributed by atoms with Gasteiger partial charge in [0, 0.05) is 11.0 Å². The van der Waals surface area contributed by atoms with Crippen LogP contribution in [-0.4, -0.2) is 45.5 Å². The van der Waals surface area contributed by atoms with Gasteiger partial charge in [-0.25, -0.2) is 0 Å². The van der Waals surface area contributed by atoms with Gasteiger partial charge in [-0.15, -0.1) is 0 Å².